The summed E-state index contributed by atoms with van der Waals surface area (Å²) in [5, 5.41) is 4.05. The molecule has 0 aliphatic rings. The van der Waals surface area contributed by atoms with Crippen LogP contribution >= 0.6 is 23.2 Å². The van der Waals surface area contributed by atoms with Crippen LogP contribution in [-0.2, 0) is 51.1 Å². The van der Waals surface area contributed by atoms with Crippen LogP contribution in [0.3, 0.4) is 0 Å². The highest BCUT2D eigenvalue weighted by Gasteiger charge is 2.34. The van der Waals surface area contributed by atoms with Crippen molar-refractivity contribution < 1.29 is 38.1 Å². The minimum atomic E-state index is -1.20. The van der Waals surface area contributed by atoms with Crippen molar-refractivity contribution in [1.82, 2.24) is 14.9 Å². The molecule has 1 N–H and O–H groups in total. The molecule has 1 aromatic heterocycles. The van der Waals surface area contributed by atoms with E-state index in [1.165, 1.54) is 13.8 Å². The molecule has 0 radical (unpaired) electrons. The summed E-state index contributed by atoms with van der Waals surface area (Å²) in [6.07, 6.45) is 1.17. The second-order valence-electron chi connectivity index (χ2n) is 13.7. The van der Waals surface area contributed by atoms with Crippen LogP contribution in [0, 0.1) is 16.7 Å². The molecule has 1 aromatic carbocycles. The Morgan fingerprint density at radius 3 is 1.72 bits per heavy atom. The first kappa shape index (κ1) is 39.0. The molecule has 0 saturated heterocycles. The van der Waals surface area contributed by atoms with Crippen LogP contribution in [-0.4, -0.2) is 58.1 Å². The number of halogens is 2. The number of ether oxygens (including phenoxy) is 4. The van der Waals surface area contributed by atoms with E-state index in [1.807, 2.05) is 18.4 Å². The van der Waals surface area contributed by atoms with Gasteiger partial charge in [-0.15, -0.1) is 0 Å². The Bertz CT molecular complexity index is 1340. The Morgan fingerprint density at radius 1 is 0.783 bits per heavy atom. The third kappa shape index (κ3) is 12.9. The fourth-order valence-electron chi connectivity index (χ4n) is 4.12. The van der Waals surface area contributed by atoms with Gasteiger partial charge in [-0.2, -0.15) is 0 Å². The molecule has 2 rings (SSSR count). The predicted molar refractivity (Wildman–Crippen MR) is 174 cm³/mol. The van der Waals surface area contributed by atoms with E-state index in [4.69, 9.17) is 42.1 Å². The fourth-order valence-corrected chi connectivity index (χ4v) is 4.69. The fraction of sp³-hybridized carbons (Fsp3) is 0.606. The largest absolute Gasteiger partial charge is 0.425 e. The lowest BCUT2D eigenvalue weighted by Gasteiger charge is -2.28. The number of imidazole rings is 1. The molecule has 4 unspecified atom stereocenters. The van der Waals surface area contributed by atoms with Crippen molar-refractivity contribution in [2.24, 2.45) is 16.7 Å². The molecule has 13 heteroatoms. The van der Waals surface area contributed by atoms with Gasteiger partial charge in [-0.05, 0) is 77.6 Å². The second-order valence-corrected chi connectivity index (χ2v) is 14.6. The Kier molecular flexibility index (Phi) is 14.1. The van der Waals surface area contributed by atoms with Gasteiger partial charge in [0.05, 0.1) is 17.2 Å². The van der Waals surface area contributed by atoms with Crippen molar-refractivity contribution in [3.05, 3.63) is 52.0 Å². The average molecular weight is 685 g/mol. The molecule has 0 fully saturated rings. The molecule has 4 atom stereocenters. The number of benzene rings is 1. The zero-order chi connectivity index (χ0) is 35.0. The number of hydrogen-bond donors (Lipinski definition) is 1. The van der Waals surface area contributed by atoms with Crippen LogP contribution in [0.2, 0.25) is 10.0 Å². The maximum Gasteiger partial charge on any atom is 0.326 e. The Balaban J connectivity index is 2.36. The second kappa shape index (κ2) is 16.6. The van der Waals surface area contributed by atoms with Gasteiger partial charge in [-0.25, -0.2) is 4.98 Å². The molecule has 1 heterocycles. The van der Waals surface area contributed by atoms with Crippen LogP contribution in [0.5, 0.6) is 0 Å². The van der Waals surface area contributed by atoms with E-state index in [1.54, 1.807) is 72.3 Å². The first-order chi connectivity index (χ1) is 21.1. The average Bonchev–Trinajstić information content (AvgIpc) is 3.31. The minimum Gasteiger partial charge on any atom is -0.425 e. The number of hydrogen-bond acceptors (Lipinski definition) is 10. The van der Waals surface area contributed by atoms with E-state index in [9.17, 15) is 19.2 Å². The Morgan fingerprint density at radius 2 is 1.26 bits per heavy atom. The van der Waals surface area contributed by atoms with Crippen LogP contribution in [0.25, 0.3) is 0 Å². The molecule has 0 aliphatic carbocycles. The summed E-state index contributed by atoms with van der Waals surface area (Å²) in [5.74, 6) is -2.54. The van der Waals surface area contributed by atoms with Crippen molar-refractivity contribution in [2.75, 3.05) is 0 Å². The summed E-state index contributed by atoms with van der Waals surface area (Å²) < 4.78 is 23.5. The first-order valence-corrected chi connectivity index (χ1v) is 15.9. The van der Waals surface area contributed by atoms with Crippen molar-refractivity contribution in [3.63, 3.8) is 0 Å². The third-order valence-corrected chi connectivity index (χ3v) is 6.94. The maximum atomic E-state index is 13.6. The van der Waals surface area contributed by atoms with E-state index >= 15 is 0 Å². The molecule has 0 amide bonds. The van der Waals surface area contributed by atoms with Gasteiger partial charge in [-0.3, -0.25) is 24.5 Å². The summed E-state index contributed by atoms with van der Waals surface area (Å²) in [6.45, 7) is 17.2. The van der Waals surface area contributed by atoms with Crippen LogP contribution in [0.15, 0.2) is 30.7 Å². The smallest absolute Gasteiger partial charge is 0.326 e. The van der Waals surface area contributed by atoms with E-state index in [0.717, 1.165) is 5.56 Å². The standard InChI is InChI=1S/C33H47Cl2N3O8/c1-19(2)11-26(28(39)43-20(3)45-30(41)32(5,6)7)37-27(29(40)44-21(4)46-31(42)33(8,9)10)15-25-16-36-18-38(25)17-22-12-23(34)14-24(35)13-22/h12-14,16,18-21,26-27,37H,11,15,17H2,1-10H3. The highest BCUT2D eigenvalue weighted by Crippen LogP contribution is 2.22. The predicted octanol–water partition coefficient (Wildman–Crippen LogP) is 6.11. The molecule has 0 aliphatic heterocycles. The van der Waals surface area contributed by atoms with E-state index < -0.39 is 59.4 Å². The summed E-state index contributed by atoms with van der Waals surface area (Å²) in [5.41, 5.74) is -0.161. The zero-order valence-corrected chi connectivity index (χ0v) is 29.8. The minimum absolute atomic E-state index is 0.0129. The van der Waals surface area contributed by atoms with E-state index in [0.29, 0.717) is 22.3 Å². The maximum absolute atomic E-state index is 13.6. The quantitative estimate of drug-likeness (QED) is 0.183. The lowest BCUT2D eigenvalue weighted by molar-refractivity contribution is -0.192. The highest BCUT2D eigenvalue weighted by atomic mass is 35.5. The molecular formula is C33H47Cl2N3O8. The van der Waals surface area contributed by atoms with Gasteiger partial charge in [0.1, 0.15) is 12.1 Å². The SMILES string of the molecule is CC(C)CC(NC(Cc1cncn1Cc1cc(Cl)cc(Cl)c1)C(=O)OC(C)OC(=O)C(C)(C)C)C(=O)OC(C)OC(=O)C(C)(C)C. The van der Waals surface area contributed by atoms with E-state index in [-0.39, 0.29) is 18.8 Å². The molecule has 256 valence electrons. The number of carbonyl (C=O) groups excluding carboxylic acids is 4. The normalized spacial score (nSPS) is 14.6. The third-order valence-electron chi connectivity index (χ3n) is 6.50. The van der Waals surface area contributed by atoms with Crippen molar-refractivity contribution in [3.8, 4) is 0 Å². The van der Waals surface area contributed by atoms with Gasteiger partial charge in [0.2, 0.25) is 12.6 Å². The van der Waals surface area contributed by atoms with Crippen LogP contribution in [0.1, 0.15) is 86.9 Å². The van der Waals surface area contributed by atoms with E-state index in [2.05, 4.69) is 10.3 Å². The number of esters is 4. The lowest BCUT2D eigenvalue weighted by atomic mass is 9.97. The molecule has 0 bridgehead atoms. The van der Waals surface area contributed by atoms with Gasteiger partial charge < -0.3 is 23.5 Å². The Labute approximate surface area is 281 Å². The molecule has 2 aromatic rings. The number of nitrogens with one attached hydrogen (secondary N) is 1. The van der Waals surface area contributed by atoms with Crippen molar-refractivity contribution in [2.45, 2.75) is 113 Å². The number of carbonyl (C=O) groups is 4. The summed E-state index contributed by atoms with van der Waals surface area (Å²) in [4.78, 5) is 56.0. The zero-order valence-electron chi connectivity index (χ0n) is 28.3. The number of nitrogens with zero attached hydrogens (tertiary/aromatic N) is 2. The summed E-state index contributed by atoms with van der Waals surface area (Å²) in [6, 6.07) is 3.09. The number of aromatic nitrogens is 2. The molecule has 11 nitrogen and oxygen atoms in total. The lowest BCUT2D eigenvalue weighted by Crippen LogP contribution is -2.51. The van der Waals surface area contributed by atoms with Gasteiger partial charge >= 0.3 is 23.9 Å². The van der Waals surface area contributed by atoms with Gasteiger partial charge in [-0.1, -0.05) is 37.0 Å². The summed E-state index contributed by atoms with van der Waals surface area (Å²) >= 11 is 12.4. The topological polar surface area (TPSA) is 135 Å². The number of rotatable bonds is 14. The van der Waals surface area contributed by atoms with Crippen LogP contribution in [0.4, 0.5) is 0 Å². The van der Waals surface area contributed by atoms with Crippen LogP contribution < -0.4 is 5.32 Å². The Hall–Kier alpha value is -3.15. The van der Waals surface area contributed by atoms with Crippen molar-refractivity contribution in [1.29, 1.82) is 0 Å². The monoisotopic (exact) mass is 683 g/mol. The van der Waals surface area contributed by atoms with Gasteiger partial charge in [0.25, 0.3) is 0 Å². The van der Waals surface area contributed by atoms with Gasteiger partial charge in [0.15, 0.2) is 0 Å². The first-order valence-electron chi connectivity index (χ1n) is 15.2. The van der Waals surface area contributed by atoms with Crippen molar-refractivity contribution >= 4 is 47.1 Å². The molecule has 0 saturated carbocycles. The van der Waals surface area contributed by atoms with Gasteiger partial charge in [0, 0.05) is 48.7 Å². The molecule has 46 heavy (non-hydrogen) atoms. The molecular weight excluding hydrogens is 637 g/mol. The molecule has 0 spiro atoms. The summed E-state index contributed by atoms with van der Waals surface area (Å²) in [7, 11) is 0. The highest BCUT2D eigenvalue weighted by molar-refractivity contribution is 6.34.